The Bertz CT molecular complexity index is 770. The number of methoxy groups -OCH3 is 1. The molecule has 0 amide bonds. The Morgan fingerprint density at radius 1 is 1.14 bits per heavy atom. The molecule has 0 aliphatic carbocycles. The van der Waals surface area contributed by atoms with Crippen molar-refractivity contribution in [2.24, 2.45) is 5.41 Å². The van der Waals surface area contributed by atoms with E-state index in [4.69, 9.17) is 4.74 Å². The standard InChI is InChI=1S/C17H21N3O/c1-17(2,3)15(10-21-4)20-11-19-14-9-18-13-8-6-5-7-12(13)16(14)20/h5-9,11,15H,10H2,1-4H3. The summed E-state index contributed by atoms with van der Waals surface area (Å²) in [5.41, 5.74) is 3.14. The number of hydrogen-bond donors (Lipinski definition) is 0. The molecule has 0 spiro atoms. The average Bonchev–Trinajstić information content (AvgIpc) is 2.87. The van der Waals surface area contributed by atoms with E-state index in [0.717, 1.165) is 21.9 Å². The number of imidazole rings is 1. The Morgan fingerprint density at radius 2 is 1.90 bits per heavy atom. The molecule has 0 aliphatic rings. The molecular formula is C17H21N3O. The maximum absolute atomic E-state index is 5.45. The molecule has 0 aliphatic heterocycles. The van der Waals surface area contributed by atoms with Crippen LogP contribution in [0.5, 0.6) is 0 Å². The van der Waals surface area contributed by atoms with E-state index in [0.29, 0.717) is 6.61 Å². The van der Waals surface area contributed by atoms with Gasteiger partial charge in [-0.05, 0) is 11.5 Å². The summed E-state index contributed by atoms with van der Waals surface area (Å²) in [7, 11) is 1.75. The highest BCUT2D eigenvalue weighted by molar-refractivity contribution is 6.01. The number of fused-ring (bicyclic) bond motifs is 3. The van der Waals surface area contributed by atoms with Crippen LogP contribution in [0, 0.1) is 5.41 Å². The van der Waals surface area contributed by atoms with Gasteiger partial charge in [-0.15, -0.1) is 0 Å². The first kappa shape index (κ1) is 14.0. The zero-order chi connectivity index (χ0) is 15.0. The van der Waals surface area contributed by atoms with E-state index in [1.165, 1.54) is 0 Å². The molecule has 2 heterocycles. The fourth-order valence-corrected chi connectivity index (χ4v) is 2.81. The first-order valence-corrected chi connectivity index (χ1v) is 7.21. The van der Waals surface area contributed by atoms with Gasteiger partial charge in [0.2, 0.25) is 0 Å². The van der Waals surface area contributed by atoms with Gasteiger partial charge in [0, 0.05) is 12.5 Å². The van der Waals surface area contributed by atoms with Crippen molar-refractivity contribution < 1.29 is 4.74 Å². The predicted molar refractivity (Wildman–Crippen MR) is 85.4 cm³/mol. The van der Waals surface area contributed by atoms with Gasteiger partial charge in [-0.3, -0.25) is 4.98 Å². The van der Waals surface area contributed by atoms with Crippen molar-refractivity contribution in [1.29, 1.82) is 0 Å². The Morgan fingerprint density at radius 3 is 2.62 bits per heavy atom. The second-order valence-corrected chi connectivity index (χ2v) is 6.50. The predicted octanol–water partition coefficient (Wildman–Crippen LogP) is 3.82. The minimum absolute atomic E-state index is 0.0774. The topological polar surface area (TPSA) is 39.9 Å². The average molecular weight is 283 g/mol. The quantitative estimate of drug-likeness (QED) is 0.733. The van der Waals surface area contributed by atoms with Crippen molar-refractivity contribution >= 4 is 21.9 Å². The number of rotatable bonds is 3. The van der Waals surface area contributed by atoms with Gasteiger partial charge in [0.25, 0.3) is 0 Å². The molecule has 4 heteroatoms. The number of nitrogens with zero attached hydrogens (tertiary/aromatic N) is 3. The molecule has 1 aromatic carbocycles. The van der Waals surface area contributed by atoms with Gasteiger partial charge in [-0.2, -0.15) is 0 Å². The lowest BCUT2D eigenvalue weighted by atomic mass is 9.87. The van der Waals surface area contributed by atoms with Gasteiger partial charge in [0.15, 0.2) is 0 Å². The van der Waals surface area contributed by atoms with Gasteiger partial charge in [0.1, 0.15) is 5.52 Å². The number of benzene rings is 1. The normalized spacial score (nSPS) is 13.9. The molecule has 4 nitrogen and oxygen atoms in total. The van der Waals surface area contributed by atoms with Gasteiger partial charge < -0.3 is 9.30 Å². The molecule has 3 rings (SSSR count). The van der Waals surface area contributed by atoms with Gasteiger partial charge in [0.05, 0.1) is 36.2 Å². The molecule has 110 valence electrons. The van der Waals surface area contributed by atoms with Crippen LogP contribution in [0.15, 0.2) is 36.8 Å². The number of para-hydroxylation sites is 1. The van der Waals surface area contributed by atoms with Crippen LogP contribution in [0.3, 0.4) is 0 Å². The lowest BCUT2D eigenvalue weighted by Gasteiger charge is -2.31. The zero-order valence-electron chi connectivity index (χ0n) is 13.0. The van der Waals surface area contributed by atoms with Crippen molar-refractivity contribution in [2.45, 2.75) is 26.8 Å². The highest BCUT2D eigenvalue weighted by atomic mass is 16.5. The summed E-state index contributed by atoms with van der Waals surface area (Å²) in [5.74, 6) is 0. The van der Waals surface area contributed by atoms with Crippen LogP contribution < -0.4 is 0 Å². The van der Waals surface area contributed by atoms with Crippen LogP contribution in [0.1, 0.15) is 26.8 Å². The third kappa shape index (κ3) is 2.40. The van der Waals surface area contributed by atoms with Crippen LogP contribution >= 0.6 is 0 Å². The summed E-state index contributed by atoms with van der Waals surface area (Å²) >= 11 is 0. The molecule has 1 unspecified atom stereocenters. The van der Waals surface area contributed by atoms with E-state index >= 15 is 0 Å². The SMILES string of the molecule is COCC(n1cnc2cnc3ccccc3c21)C(C)(C)C. The Kier molecular flexibility index (Phi) is 3.41. The van der Waals surface area contributed by atoms with Crippen molar-refractivity contribution in [3.8, 4) is 0 Å². The summed E-state index contributed by atoms with van der Waals surface area (Å²) in [6.45, 7) is 7.34. The van der Waals surface area contributed by atoms with E-state index in [1.807, 2.05) is 30.7 Å². The maximum atomic E-state index is 5.45. The third-order valence-corrected chi connectivity index (χ3v) is 3.97. The molecule has 0 N–H and O–H groups in total. The molecule has 0 bridgehead atoms. The number of ether oxygens (including phenoxy) is 1. The molecule has 2 aromatic heterocycles. The molecule has 0 radical (unpaired) electrons. The first-order valence-electron chi connectivity index (χ1n) is 7.21. The maximum Gasteiger partial charge on any atom is 0.107 e. The summed E-state index contributed by atoms with van der Waals surface area (Å²) in [4.78, 5) is 9.01. The van der Waals surface area contributed by atoms with Crippen molar-refractivity contribution in [3.05, 3.63) is 36.8 Å². The summed E-state index contributed by atoms with van der Waals surface area (Å²) in [5, 5.41) is 1.14. The van der Waals surface area contributed by atoms with Crippen molar-refractivity contribution in [1.82, 2.24) is 14.5 Å². The number of aromatic nitrogens is 3. The smallest absolute Gasteiger partial charge is 0.107 e. The highest BCUT2D eigenvalue weighted by Gasteiger charge is 2.28. The van der Waals surface area contributed by atoms with Gasteiger partial charge in [-0.1, -0.05) is 39.0 Å². The van der Waals surface area contributed by atoms with E-state index < -0.39 is 0 Å². The molecule has 21 heavy (non-hydrogen) atoms. The molecule has 0 saturated carbocycles. The number of pyridine rings is 1. The monoisotopic (exact) mass is 283 g/mol. The summed E-state index contributed by atoms with van der Waals surface area (Å²) < 4.78 is 7.69. The molecular weight excluding hydrogens is 262 g/mol. The fraction of sp³-hybridized carbons (Fsp3) is 0.412. The van der Waals surface area contributed by atoms with E-state index in [-0.39, 0.29) is 11.5 Å². The fourth-order valence-electron chi connectivity index (χ4n) is 2.81. The first-order chi connectivity index (χ1) is 10.0. The largest absolute Gasteiger partial charge is 0.383 e. The van der Waals surface area contributed by atoms with E-state index in [1.54, 1.807) is 7.11 Å². The van der Waals surface area contributed by atoms with Crippen LogP contribution in [0.4, 0.5) is 0 Å². The molecule has 0 fully saturated rings. The van der Waals surface area contributed by atoms with Crippen LogP contribution in [-0.4, -0.2) is 28.3 Å². The van der Waals surface area contributed by atoms with Crippen molar-refractivity contribution in [3.63, 3.8) is 0 Å². The minimum atomic E-state index is 0.0774. The lowest BCUT2D eigenvalue weighted by molar-refractivity contribution is 0.0985. The van der Waals surface area contributed by atoms with Crippen LogP contribution in [0.2, 0.25) is 0 Å². The molecule has 1 atom stereocenters. The highest BCUT2D eigenvalue weighted by Crippen LogP contribution is 2.34. The third-order valence-electron chi connectivity index (χ3n) is 3.97. The van der Waals surface area contributed by atoms with Crippen LogP contribution in [0.25, 0.3) is 21.9 Å². The summed E-state index contributed by atoms with van der Waals surface area (Å²) in [6.07, 6.45) is 3.76. The second kappa shape index (κ2) is 5.11. The van der Waals surface area contributed by atoms with Crippen molar-refractivity contribution in [2.75, 3.05) is 13.7 Å². The molecule has 0 saturated heterocycles. The van der Waals surface area contributed by atoms with Crippen LogP contribution in [-0.2, 0) is 4.74 Å². The Balaban J connectivity index is 2.29. The zero-order valence-corrected chi connectivity index (χ0v) is 13.0. The Labute approximate surface area is 124 Å². The minimum Gasteiger partial charge on any atom is -0.383 e. The van der Waals surface area contributed by atoms with E-state index in [2.05, 4.69) is 41.4 Å². The summed E-state index contributed by atoms with van der Waals surface area (Å²) in [6, 6.07) is 8.42. The molecule has 3 aromatic rings. The number of hydrogen-bond acceptors (Lipinski definition) is 3. The van der Waals surface area contributed by atoms with Gasteiger partial charge in [-0.25, -0.2) is 4.98 Å². The lowest BCUT2D eigenvalue weighted by Crippen LogP contribution is -2.28. The Hall–Kier alpha value is -1.94. The van der Waals surface area contributed by atoms with Gasteiger partial charge >= 0.3 is 0 Å². The second-order valence-electron chi connectivity index (χ2n) is 6.50. The van der Waals surface area contributed by atoms with E-state index in [9.17, 15) is 0 Å².